The molecule has 0 heterocycles. The molecule has 2 rings (SSSR count). The van der Waals surface area contributed by atoms with Crippen molar-refractivity contribution >= 4 is 29.9 Å². The molecule has 0 bridgehead atoms. The van der Waals surface area contributed by atoms with Crippen molar-refractivity contribution in [2.45, 2.75) is 33.2 Å². The summed E-state index contributed by atoms with van der Waals surface area (Å²) in [6.07, 6.45) is 0.577. The summed E-state index contributed by atoms with van der Waals surface area (Å²) < 4.78 is 18.9. The van der Waals surface area contributed by atoms with Gasteiger partial charge in [0.25, 0.3) is 0 Å². The van der Waals surface area contributed by atoms with Crippen LogP contribution in [-0.2, 0) is 6.42 Å². The van der Waals surface area contributed by atoms with Gasteiger partial charge in [0, 0.05) is 13.1 Å². The van der Waals surface area contributed by atoms with Gasteiger partial charge in [-0.2, -0.15) is 0 Å². The van der Waals surface area contributed by atoms with E-state index in [1.54, 1.807) is 25.1 Å². The molecule has 1 atom stereocenters. The highest BCUT2D eigenvalue weighted by molar-refractivity contribution is 14.0. The number of nitrogens with zero attached hydrogens (tertiary/aromatic N) is 1. The average molecular weight is 501 g/mol. The predicted octanol–water partition coefficient (Wildman–Crippen LogP) is 4.33. The highest BCUT2D eigenvalue weighted by Gasteiger charge is 2.10. The Labute approximate surface area is 183 Å². The average Bonchev–Trinajstić information content (AvgIpc) is 2.65. The maximum absolute atomic E-state index is 13.8. The number of aryl methyl sites for hydroxylation is 1. The molecule has 0 aliphatic heterocycles. The Hall–Kier alpha value is -2.03. The monoisotopic (exact) mass is 501 g/mol. The first kappa shape index (κ1) is 24.0. The minimum Gasteiger partial charge on any atom is -0.504 e. The maximum Gasteiger partial charge on any atom is 0.191 e. The summed E-state index contributed by atoms with van der Waals surface area (Å²) in [4.78, 5) is 4.56. The molecule has 0 saturated carbocycles. The zero-order valence-electron chi connectivity index (χ0n) is 16.8. The Morgan fingerprint density at radius 2 is 2.04 bits per heavy atom. The number of phenols is 1. The van der Waals surface area contributed by atoms with Crippen LogP contribution >= 0.6 is 24.0 Å². The molecule has 2 aromatic carbocycles. The summed E-state index contributed by atoms with van der Waals surface area (Å²) in [5.74, 6) is 1.04. The molecule has 0 aromatic heterocycles. The number of phenolic OH excluding ortho intramolecular Hbond substituents is 1. The van der Waals surface area contributed by atoms with Crippen molar-refractivity contribution in [3.8, 4) is 11.5 Å². The minimum absolute atomic E-state index is 0. The lowest BCUT2D eigenvalue weighted by Crippen LogP contribution is -2.38. The molecule has 28 heavy (non-hydrogen) atoms. The van der Waals surface area contributed by atoms with E-state index in [4.69, 9.17) is 4.74 Å². The van der Waals surface area contributed by atoms with Crippen molar-refractivity contribution in [1.82, 2.24) is 10.6 Å². The van der Waals surface area contributed by atoms with Gasteiger partial charge in [0.15, 0.2) is 17.5 Å². The molecule has 0 fully saturated rings. The van der Waals surface area contributed by atoms with Crippen LogP contribution in [0.2, 0.25) is 0 Å². The number of guanidine groups is 1. The number of aliphatic imine (C=N–C) groups is 1. The molecule has 0 aliphatic carbocycles. The molecule has 7 heteroatoms. The van der Waals surface area contributed by atoms with Crippen LogP contribution in [0.15, 0.2) is 41.4 Å². The van der Waals surface area contributed by atoms with Crippen LogP contribution < -0.4 is 15.4 Å². The molecule has 5 nitrogen and oxygen atoms in total. The second-order valence-corrected chi connectivity index (χ2v) is 6.35. The molecular weight excluding hydrogens is 472 g/mol. The van der Waals surface area contributed by atoms with Crippen LogP contribution in [0.1, 0.15) is 36.6 Å². The van der Waals surface area contributed by atoms with Crippen LogP contribution in [0.3, 0.4) is 0 Å². The minimum atomic E-state index is -0.211. The standard InChI is InChI=1S/C21H28FN3O2.HI/c1-5-23-21(25-15(3)17-10-9-14(2)18(22)13-17)24-12-11-16-7-6-8-19(27-4)20(16)26;/h6-10,13,15,26H,5,11-12H2,1-4H3,(H2,23,24,25);1H. The lowest BCUT2D eigenvalue weighted by molar-refractivity contribution is 0.370. The SMILES string of the molecule is CCNC(=NCCc1cccc(OC)c1O)NC(C)c1ccc(C)c(F)c1.I. The van der Waals surface area contributed by atoms with Gasteiger partial charge in [-0.3, -0.25) is 4.99 Å². The van der Waals surface area contributed by atoms with Crippen LogP contribution in [0.25, 0.3) is 0 Å². The molecular formula is C21H29FIN3O2. The molecule has 0 saturated heterocycles. The van der Waals surface area contributed by atoms with E-state index in [1.807, 2.05) is 32.0 Å². The van der Waals surface area contributed by atoms with Gasteiger partial charge in [-0.25, -0.2) is 4.39 Å². The Kier molecular flexibility index (Phi) is 10.1. The third-order valence-corrected chi connectivity index (χ3v) is 4.35. The predicted molar refractivity (Wildman–Crippen MR) is 122 cm³/mol. The summed E-state index contributed by atoms with van der Waals surface area (Å²) in [7, 11) is 1.53. The number of rotatable bonds is 7. The van der Waals surface area contributed by atoms with Gasteiger partial charge in [0.2, 0.25) is 0 Å². The van der Waals surface area contributed by atoms with Gasteiger partial charge in [0.1, 0.15) is 5.82 Å². The summed E-state index contributed by atoms with van der Waals surface area (Å²) in [6, 6.07) is 10.6. The number of hydrogen-bond acceptors (Lipinski definition) is 3. The third kappa shape index (κ3) is 6.54. The fraction of sp³-hybridized carbons (Fsp3) is 0.381. The van der Waals surface area contributed by atoms with E-state index < -0.39 is 0 Å². The van der Waals surface area contributed by atoms with Crippen molar-refractivity contribution in [2.75, 3.05) is 20.2 Å². The molecule has 3 N–H and O–H groups in total. The topological polar surface area (TPSA) is 65.9 Å². The van der Waals surface area contributed by atoms with Crippen LogP contribution in [0.5, 0.6) is 11.5 Å². The van der Waals surface area contributed by atoms with Gasteiger partial charge in [-0.05, 0) is 56.0 Å². The fourth-order valence-electron chi connectivity index (χ4n) is 2.71. The quantitative estimate of drug-likeness (QED) is 0.301. The zero-order chi connectivity index (χ0) is 19.8. The van der Waals surface area contributed by atoms with Gasteiger partial charge < -0.3 is 20.5 Å². The first-order valence-electron chi connectivity index (χ1n) is 9.12. The van der Waals surface area contributed by atoms with Crippen LogP contribution in [0.4, 0.5) is 4.39 Å². The summed E-state index contributed by atoms with van der Waals surface area (Å²) in [5.41, 5.74) is 2.27. The number of methoxy groups -OCH3 is 1. The third-order valence-electron chi connectivity index (χ3n) is 4.35. The Bertz CT molecular complexity index is 799. The maximum atomic E-state index is 13.8. The Morgan fingerprint density at radius 1 is 1.29 bits per heavy atom. The van der Waals surface area contributed by atoms with Crippen molar-refractivity contribution < 1.29 is 14.2 Å². The van der Waals surface area contributed by atoms with Crippen LogP contribution in [-0.4, -0.2) is 31.3 Å². The van der Waals surface area contributed by atoms with Gasteiger partial charge in [0.05, 0.1) is 13.2 Å². The van der Waals surface area contributed by atoms with Gasteiger partial charge in [-0.15, -0.1) is 24.0 Å². The van der Waals surface area contributed by atoms with Gasteiger partial charge >= 0.3 is 0 Å². The number of halogens is 2. The summed E-state index contributed by atoms with van der Waals surface area (Å²) >= 11 is 0. The van der Waals surface area contributed by atoms with Crippen molar-refractivity contribution in [1.29, 1.82) is 0 Å². The first-order valence-corrected chi connectivity index (χ1v) is 9.12. The molecule has 0 radical (unpaired) electrons. The van der Waals surface area contributed by atoms with Crippen LogP contribution in [0, 0.1) is 12.7 Å². The highest BCUT2D eigenvalue weighted by atomic mass is 127. The molecule has 154 valence electrons. The van der Waals surface area contributed by atoms with Crippen molar-refractivity contribution in [3.05, 3.63) is 58.9 Å². The first-order chi connectivity index (χ1) is 13.0. The lowest BCUT2D eigenvalue weighted by Gasteiger charge is -2.18. The summed E-state index contributed by atoms with van der Waals surface area (Å²) in [6.45, 7) is 6.90. The largest absolute Gasteiger partial charge is 0.504 e. The Morgan fingerprint density at radius 3 is 2.68 bits per heavy atom. The summed E-state index contributed by atoms with van der Waals surface area (Å²) in [5, 5.41) is 16.6. The van der Waals surface area contributed by atoms with E-state index in [1.165, 1.54) is 7.11 Å². The van der Waals surface area contributed by atoms with E-state index in [-0.39, 0.29) is 41.6 Å². The number of benzene rings is 2. The van der Waals surface area contributed by atoms with E-state index in [0.717, 1.165) is 11.1 Å². The fourth-order valence-corrected chi connectivity index (χ4v) is 2.71. The van der Waals surface area contributed by atoms with E-state index in [0.29, 0.717) is 36.8 Å². The molecule has 0 amide bonds. The molecule has 2 aromatic rings. The number of aromatic hydroxyl groups is 1. The number of para-hydroxylation sites is 1. The van der Waals surface area contributed by atoms with E-state index >= 15 is 0 Å². The second-order valence-electron chi connectivity index (χ2n) is 6.35. The highest BCUT2D eigenvalue weighted by Crippen LogP contribution is 2.29. The lowest BCUT2D eigenvalue weighted by atomic mass is 10.1. The molecule has 0 aliphatic rings. The van der Waals surface area contributed by atoms with E-state index in [9.17, 15) is 9.50 Å². The second kappa shape index (κ2) is 11.7. The molecule has 0 spiro atoms. The van der Waals surface area contributed by atoms with Gasteiger partial charge in [-0.1, -0.05) is 24.3 Å². The smallest absolute Gasteiger partial charge is 0.191 e. The molecule has 1 unspecified atom stereocenters. The zero-order valence-corrected chi connectivity index (χ0v) is 19.1. The Balaban J connectivity index is 0.00000392. The normalized spacial score (nSPS) is 12.1. The number of ether oxygens (including phenoxy) is 1. The van der Waals surface area contributed by atoms with E-state index in [2.05, 4.69) is 15.6 Å². The van der Waals surface area contributed by atoms with Crippen molar-refractivity contribution in [2.24, 2.45) is 4.99 Å². The number of hydrogen-bond donors (Lipinski definition) is 3. The van der Waals surface area contributed by atoms with Crippen molar-refractivity contribution in [3.63, 3.8) is 0 Å². The number of nitrogens with one attached hydrogen (secondary N) is 2.